The van der Waals surface area contributed by atoms with Gasteiger partial charge in [-0.25, -0.2) is 0 Å². The predicted octanol–water partition coefficient (Wildman–Crippen LogP) is 7.60. The molecule has 0 bridgehead atoms. The first-order chi connectivity index (χ1) is 11.7. The molecule has 0 saturated heterocycles. The number of unbranched alkanes of at least 4 members (excludes halogenated alkanes) is 7. The number of hydrogen-bond donors (Lipinski definition) is 0. The van der Waals surface area contributed by atoms with Crippen molar-refractivity contribution in [1.82, 2.24) is 9.78 Å². The zero-order valence-corrected chi connectivity index (χ0v) is 16.5. The average molecular weight is 381 g/mol. The Morgan fingerprint density at radius 1 is 0.920 bits per heavy atom. The second-order valence-electron chi connectivity index (χ2n) is 7.24. The third-order valence-electron chi connectivity index (χ3n) is 4.88. The van der Waals surface area contributed by atoms with Crippen molar-refractivity contribution in [2.75, 3.05) is 0 Å². The molecule has 0 aliphatic carbocycles. The lowest BCUT2D eigenvalue weighted by atomic mass is 9.88. The van der Waals surface area contributed by atoms with Gasteiger partial charge in [0.1, 0.15) is 0 Å². The highest BCUT2D eigenvalue weighted by molar-refractivity contribution is 6.31. The summed E-state index contributed by atoms with van der Waals surface area (Å²) in [6, 6.07) is 0. The molecule has 1 aromatic rings. The van der Waals surface area contributed by atoms with Gasteiger partial charge < -0.3 is 0 Å². The summed E-state index contributed by atoms with van der Waals surface area (Å²) in [6.45, 7) is 6.33. The molecule has 1 unspecified atom stereocenters. The lowest BCUT2D eigenvalue weighted by molar-refractivity contribution is -0.141. The number of hydrogen-bond acceptors (Lipinski definition) is 1. The number of alkyl halides is 3. The molecule has 0 radical (unpaired) electrons. The molecule has 1 atom stereocenters. The molecule has 0 fully saturated rings. The number of rotatable bonds is 12. The van der Waals surface area contributed by atoms with Crippen LogP contribution in [0.25, 0.3) is 0 Å². The summed E-state index contributed by atoms with van der Waals surface area (Å²) in [5, 5.41) is 3.52. The van der Waals surface area contributed by atoms with E-state index in [4.69, 9.17) is 11.6 Å². The maximum atomic E-state index is 13.0. The molecule has 0 amide bonds. The van der Waals surface area contributed by atoms with Gasteiger partial charge in [0, 0.05) is 6.20 Å². The zero-order chi connectivity index (χ0) is 18.9. The van der Waals surface area contributed by atoms with Crippen LogP contribution in [-0.4, -0.2) is 9.78 Å². The molecular weight excluding hydrogens is 349 g/mol. The van der Waals surface area contributed by atoms with Crippen molar-refractivity contribution in [1.29, 1.82) is 0 Å². The molecule has 6 heteroatoms. The van der Waals surface area contributed by atoms with E-state index in [1.54, 1.807) is 0 Å². The Morgan fingerprint density at radius 3 is 1.84 bits per heavy atom. The first-order valence-electron chi connectivity index (χ1n) is 9.57. The Kier molecular flexibility index (Phi) is 9.33. The van der Waals surface area contributed by atoms with Crippen LogP contribution in [0.1, 0.15) is 97.1 Å². The standard InChI is InChI=1S/C19H32ClF3N2/c1-4-6-8-10-12-14-18(3,13-11-9-7-5-2)25-15-16(20)17(24-25)19(21,22)23/h15H,4-14H2,1-3H3. The summed E-state index contributed by atoms with van der Waals surface area (Å²) >= 11 is 5.82. The quantitative estimate of drug-likeness (QED) is 0.341. The van der Waals surface area contributed by atoms with Crippen LogP contribution >= 0.6 is 11.6 Å². The SMILES string of the molecule is CCCCCCCC(C)(CCCCCC)n1cc(Cl)c(C(F)(F)F)n1. The fraction of sp³-hybridized carbons (Fsp3) is 0.842. The van der Waals surface area contributed by atoms with Crippen LogP contribution < -0.4 is 0 Å². The van der Waals surface area contributed by atoms with Crippen molar-refractivity contribution in [3.8, 4) is 0 Å². The summed E-state index contributed by atoms with van der Waals surface area (Å²) in [5.74, 6) is 0. The smallest absolute Gasteiger partial charge is 0.265 e. The Morgan fingerprint density at radius 2 is 1.40 bits per heavy atom. The number of nitrogens with zero attached hydrogens (tertiary/aromatic N) is 2. The summed E-state index contributed by atoms with van der Waals surface area (Å²) in [6.07, 6.45) is 8.58. The van der Waals surface area contributed by atoms with Crippen molar-refractivity contribution < 1.29 is 13.2 Å². The van der Waals surface area contributed by atoms with Gasteiger partial charge in [0.25, 0.3) is 0 Å². The van der Waals surface area contributed by atoms with Crippen LogP contribution in [0, 0.1) is 0 Å². The van der Waals surface area contributed by atoms with Crippen LogP contribution in [0.4, 0.5) is 13.2 Å². The molecule has 1 aromatic heterocycles. The molecule has 1 heterocycles. The van der Waals surface area contributed by atoms with E-state index in [1.165, 1.54) is 30.1 Å². The maximum Gasteiger partial charge on any atom is 0.436 e. The van der Waals surface area contributed by atoms with Gasteiger partial charge in [0.05, 0.1) is 10.6 Å². The van der Waals surface area contributed by atoms with Gasteiger partial charge in [-0.3, -0.25) is 4.68 Å². The van der Waals surface area contributed by atoms with Gasteiger partial charge in [-0.15, -0.1) is 0 Å². The molecule has 0 aliphatic rings. The molecule has 0 aliphatic heterocycles. The molecule has 0 N–H and O–H groups in total. The van der Waals surface area contributed by atoms with E-state index in [9.17, 15) is 13.2 Å². The Bertz CT molecular complexity index is 499. The lowest BCUT2D eigenvalue weighted by Gasteiger charge is -2.31. The highest BCUT2D eigenvalue weighted by atomic mass is 35.5. The van der Waals surface area contributed by atoms with Crippen molar-refractivity contribution >= 4 is 11.6 Å². The number of aromatic nitrogens is 2. The van der Waals surface area contributed by atoms with Crippen LogP contribution in [-0.2, 0) is 11.7 Å². The normalized spacial score (nSPS) is 14.7. The monoisotopic (exact) mass is 380 g/mol. The van der Waals surface area contributed by atoms with Crippen LogP contribution in [0.5, 0.6) is 0 Å². The molecule has 0 aromatic carbocycles. The average Bonchev–Trinajstić information content (AvgIpc) is 2.94. The third kappa shape index (κ3) is 7.20. The molecule has 146 valence electrons. The molecule has 2 nitrogen and oxygen atoms in total. The van der Waals surface area contributed by atoms with Gasteiger partial charge in [-0.2, -0.15) is 18.3 Å². The highest BCUT2D eigenvalue weighted by Gasteiger charge is 2.39. The predicted molar refractivity (Wildman–Crippen MR) is 98.0 cm³/mol. The lowest BCUT2D eigenvalue weighted by Crippen LogP contribution is -2.31. The minimum atomic E-state index is -4.51. The Labute approximate surface area is 155 Å². The highest BCUT2D eigenvalue weighted by Crippen LogP contribution is 2.37. The molecule has 0 saturated carbocycles. The topological polar surface area (TPSA) is 17.8 Å². The summed E-state index contributed by atoms with van der Waals surface area (Å²) in [4.78, 5) is 0. The van der Waals surface area contributed by atoms with Gasteiger partial charge >= 0.3 is 6.18 Å². The largest absolute Gasteiger partial charge is 0.436 e. The van der Waals surface area contributed by atoms with E-state index < -0.39 is 17.4 Å². The summed E-state index contributed by atoms with van der Waals surface area (Å²) in [7, 11) is 0. The fourth-order valence-electron chi connectivity index (χ4n) is 3.22. The van der Waals surface area contributed by atoms with Crippen LogP contribution in [0.15, 0.2) is 6.20 Å². The van der Waals surface area contributed by atoms with E-state index >= 15 is 0 Å². The van der Waals surface area contributed by atoms with E-state index in [0.29, 0.717) is 0 Å². The molecule has 0 spiro atoms. The van der Waals surface area contributed by atoms with Gasteiger partial charge in [0.2, 0.25) is 0 Å². The van der Waals surface area contributed by atoms with Gasteiger partial charge in [-0.05, 0) is 19.8 Å². The summed E-state index contributed by atoms with van der Waals surface area (Å²) < 4.78 is 40.6. The minimum Gasteiger partial charge on any atom is -0.265 e. The Hall–Kier alpha value is -0.710. The Balaban J connectivity index is 2.85. The first kappa shape index (κ1) is 22.3. The number of halogens is 4. The van der Waals surface area contributed by atoms with Crippen LogP contribution in [0.3, 0.4) is 0 Å². The van der Waals surface area contributed by atoms with E-state index in [-0.39, 0.29) is 5.02 Å². The van der Waals surface area contributed by atoms with Gasteiger partial charge in [-0.1, -0.05) is 83.2 Å². The first-order valence-corrected chi connectivity index (χ1v) is 9.95. The molecule has 1 rings (SSSR count). The maximum absolute atomic E-state index is 13.0. The summed E-state index contributed by atoms with van der Waals surface area (Å²) in [5.41, 5.74) is -1.38. The second-order valence-corrected chi connectivity index (χ2v) is 7.65. The third-order valence-corrected chi connectivity index (χ3v) is 5.16. The van der Waals surface area contributed by atoms with Gasteiger partial charge in [0.15, 0.2) is 5.69 Å². The van der Waals surface area contributed by atoms with E-state index in [1.807, 2.05) is 6.92 Å². The molecule has 25 heavy (non-hydrogen) atoms. The van der Waals surface area contributed by atoms with Crippen molar-refractivity contribution in [2.45, 2.75) is 103 Å². The zero-order valence-electron chi connectivity index (χ0n) is 15.8. The van der Waals surface area contributed by atoms with Crippen molar-refractivity contribution in [2.24, 2.45) is 0 Å². The minimum absolute atomic E-state index is 0.307. The van der Waals surface area contributed by atoms with E-state index in [0.717, 1.165) is 51.4 Å². The van der Waals surface area contributed by atoms with Crippen molar-refractivity contribution in [3.63, 3.8) is 0 Å². The van der Waals surface area contributed by atoms with Crippen molar-refractivity contribution in [3.05, 3.63) is 16.9 Å². The van der Waals surface area contributed by atoms with Crippen LogP contribution in [0.2, 0.25) is 5.02 Å². The van der Waals surface area contributed by atoms with E-state index in [2.05, 4.69) is 18.9 Å². The second kappa shape index (κ2) is 10.4. The molecular formula is C19H32ClF3N2. The fourth-order valence-corrected chi connectivity index (χ4v) is 3.45.